The van der Waals surface area contributed by atoms with E-state index >= 15 is 0 Å². The zero-order chi connectivity index (χ0) is 13.5. The van der Waals surface area contributed by atoms with Crippen LogP contribution in [0.4, 0.5) is 0 Å². The Morgan fingerprint density at radius 2 is 2.00 bits per heavy atom. The number of nitrogens with two attached hydrogens (primary N) is 1. The van der Waals surface area contributed by atoms with E-state index in [1.54, 1.807) is 0 Å². The summed E-state index contributed by atoms with van der Waals surface area (Å²) in [5, 5.41) is 2.15. The van der Waals surface area contributed by atoms with Crippen molar-refractivity contribution >= 4 is 11.3 Å². The van der Waals surface area contributed by atoms with Crippen LogP contribution < -0.4 is 5.73 Å². The standard InChI is InChI=1S/C15H28N2S/c1-5-6-7-10-17(12(2)3)15(13(4)16)14-9-8-11-18-14/h8-9,11-13,15H,5-7,10,16H2,1-4H3. The Morgan fingerprint density at radius 3 is 2.44 bits per heavy atom. The fourth-order valence-electron chi connectivity index (χ4n) is 2.45. The summed E-state index contributed by atoms with van der Waals surface area (Å²) in [5.41, 5.74) is 6.24. The van der Waals surface area contributed by atoms with Gasteiger partial charge in [0.25, 0.3) is 0 Å². The zero-order valence-corrected chi connectivity index (χ0v) is 13.0. The van der Waals surface area contributed by atoms with Crippen LogP contribution in [0.5, 0.6) is 0 Å². The highest BCUT2D eigenvalue weighted by Crippen LogP contribution is 2.29. The Bertz CT molecular complexity index is 306. The molecule has 0 bridgehead atoms. The van der Waals surface area contributed by atoms with Gasteiger partial charge in [-0.2, -0.15) is 0 Å². The fraction of sp³-hybridized carbons (Fsp3) is 0.733. The van der Waals surface area contributed by atoms with Crippen molar-refractivity contribution in [2.24, 2.45) is 5.73 Å². The van der Waals surface area contributed by atoms with Crippen LogP contribution in [0.15, 0.2) is 17.5 Å². The summed E-state index contributed by atoms with van der Waals surface area (Å²) in [5.74, 6) is 0. The third-order valence-corrected chi connectivity index (χ3v) is 4.32. The summed E-state index contributed by atoms with van der Waals surface area (Å²) in [6, 6.07) is 5.42. The van der Waals surface area contributed by atoms with Crippen LogP contribution >= 0.6 is 11.3 Å². The summed E-state index contributed by atoms with van der Waals surface area (Å²) >= 11 is 1.82. The molecule has 0 amide bonds. The minimum atomic E-state index is 0.174. The molecular weight excluding hydrogens is 240 g/mol. The van der Waals surface area contributed by atoms with Crippen LogP contribution in [0.1, 0.15) is 57.9 Å². The smallest absolute Gasteiger partial charge is 0.0592 e. The largest absolute Gasteiger partial charge is 0.326 e. The molecule has 2 unspecified atom stereocenters. The van der Waals surface area contributed by atoms with Crippen LogP contribution in [0.3, 0.4) is 0 Å². The number of rotatable bonds is 8. The van der Waals surface area contributed by atoms with Crippen molar-refractivity contribution < 1.29 is 0 Å². The summed E-state index contributed by atoms with van der Waals surface area (Å²) in [7, 11) is 0. The minimum Gasteiger partial charge on any atom is -0.326 e. The summed E-state index contributed by atoms with van der Waals surface area (Å²) in [4.78, 5) is 3.96. The third kappa shape index (κ3) is 4.38. The van der Waals surface area contributed by atoms with Crippen molar-refractivity contribution in [3.63, 3.8) is 0 Å². The highest BCUT2D eigenvalue weighted by atomic mass is 32.1. The van der Waals surface area contributed by atoms with Gasteiger partial charge in [0, 0.05) is 17.0 Å². The van der Waals surface area contributed by atoms with Crippen molar-refractivity contribution in [2.45, 2.75) is 65.1 Å². The molecule has 2 N–H and O–H groups in total. The fourth-order valence-corrected chi connectivity index (χ4v) is 3.41. The van der Waals surface area contributed by atoms with Gasteiger partial charge in [0.1, 0.15) is 0 Å². The lowest BCUT2D eigenvalue weighted by Crippen LogP contribution is -2.43. The van der Waals surface area contributed by atoms with Crippen LogP contribution in [-0.2, 0) is 0 Å². The third-order valence-electron chi connectivity index (χ3n) is 3.37. The number of unbranched alkanes of at least 4 members (excludes halogenated alkanes) is 2. The van der Waals surface area contributed by atoms with E-state index in [1.807, 2.05) is 11.3 Å². The van der Waals surface area contributed by atoms with Gasteiger partial charge in [-0.05, 0) is 45.2 Å². The molecule has 0 aliphatic carbocycles. The van der Waals surface area contributed by atoms with E-state index in [9.17, 15) is 0 Å². The summed E-state index contributed by atoms with van der Waals surface area (Å²) < 4.78 is 0. The average molecular weight is 268 g/mol. The Balaban J connectivity index is 2.78. The molecule has 1 aromatic heterocycles. The summed E-state index contributed by atoms with van der Waals surface area (Å²) in [6.45, 7) is 10.1. The molecule has 0 aliphatic heterocycles. The van der Waals surface area contributed by atoms with Gasteiger partial charge in [-0.3, -0.25) is 4.90 Å². The van der Waals surface area contributed by atoms with Gasteiger partial charge >= 0.3 is 0 Å². The first-order chi connectivity index (χ1) is 8.57. The van der Waals surface area contributed by atoms with Crippen molar-refractivity contribution in [2.75, 3.05) is 6.54 Å². The highest BCUT2D eigenvalue weighted by Gasteiger charge is 2.26. The van der Waals surface area contributed by atoms with Gasteiger partial charge in [0.05, 0.1) is 6.04 Å². The first-order valence-corrected chi connectivity index (χ1v) is 8.00. The molecule has 0 radical (unpaired) electrons. The average Bonchev–Trinajstić information content (AvgIpc) is 2.80. The van der Waals surface area contributed by atoms with E-state index in [0.717, 1.165) is 6.54 Å². The van der Waals surface area contributed by atoms with Crippen molar-refractivity contribution in [3.8, 4) is 0 Å². The lowest BCUT2D eigenvalue weighted by Gasteiger charge is -2.36. The predicted octanol–water partition coefficient (Wildman–Crippen LogP) is 4.04. The molecule has 0 saturated heterocycles. The van der Waals surface area contributed by atoms with Crippen LogP contribution in [0.2, 0.25) is 0 Å². The summed E-state index contributed by atoms with van der Waals surface area (Å²) in [6.07, 6.45) is 3.84. The maximum Gasteiger partial charge on any atom is 0.0592 e. The SMILES string of the molecule is CCCCCN(C(C)C)C(c1cccs1)C(C)N. The molecule has 0 aromatic carbocycles. The second-order valence-corrected chi connectivity index (χ2v) is 6.34. The maximum absolute atomic E-state index is 6.24. The number of hydrogen-bond acceptors (Lipinski definition) is 3. The lowest BCUT2D eigenvalue weighted by molar-refractivity contribution is 0.135. The Morgan fingerprint density at radius 1 is 1.28 bits per heavy atom. The number of thiophene rings is 1. The molecule has 104 valence electrons. The zero-order valence-electron chi connectivity index (χ0n) is 12.2. The molecule has 1 aromatic rings. The minimum absolute atomic E-state index is 0.174. The molecule has 0 saturated carbocycles. The van der Waals surface area contributed by atoms with E-state index in [0.29, 0.717) is 12.1 Å². The van der Waals surface area contributed by atoms with Gasteiger partial charge in [0.15, 0.2) is 0 Å². The molecular formula is C15H28N2S. The van der Waals surface area contributed by atoms with Gasteiger partial charge in [-0.15, -0.1) is 11.3 Å². The van der Waals surface area contributed by atoms with E-state index in [2.05, 4.69) is 50.1 Å². The predicted molar refractivity (Wildman–Crippen MR) is 82.1 cm³/mol. The van der Waals surface area contributed by atoms with Gasteiger partial charge in [-0.1, -0.05) is 25.8 Å². The molecule has 2 atom stereocenters. The quantitative estimate of drug-likeness (QED) is 0.721. The molecule has 18 heavy (non-hydrogen) atoms. The van der Waals surface area contributed by atoms with Crippen molar-refractivity contribution in [1.29, 1.82) is 0 Å². The molecule has 2 nitrogen and oxygen atoms in total. The molecule has 1 rings (SSSR count). The molecule has 0 spiro atoms. The van der Waals surface area contributed by atoms with Gasteiger partial charge < -0.3 is 5.73 Å². The van der Waals surface area contributed by atoms with Crippen LogP contribution in [0.25, 0.3) is 0 Å². The van der Waals surface area contributed by atoms with Crippen LogP contribution in [-0.4, -0.2) is 23.5 Å². The Kier molecular flexibility index (Phi) is 6.90. The monoisotopic (exact) mass is 268 g/mol. The van der Waals surface area contributed by atoms with Gasteiger partial charge in [-0.25, -0.2) is 0 Å². The lowest BCUT2D eigenvalue weighted by atomic mass is 10.0. The number of hydrogen-bond donors (Lipinski definition) is 1. The highest BCUT2D eigenvalue weighted by molar-refractivity contribution is 7.10. The molecule has 0 aliphatic rings. The molecule has 3 heteroatoms. The second kappa shape index (κ2) is 7.93. The Labute approximate surface area is 116 Å². The topological polar surface area (TPSA) is 29.3 Å². The first-order valence-electron chi connectivity index (χ1n) is 7.12. The first kappa shape index (κ1) is 15.7. The molecule has 0 fully saturated rings. The van der Waals surface area contributed by atoms with Crippen LogP contribution in [0, 0.1) is 0 Å². The maximum atomic E-state index is 6.24. The van der Waals surface area contributed by atoms with E-state index in [-0.39, 0.29) is 6.04 Å². The Hall–Kier alpha value is -0.380. The van der Waals surface area contributed by atoms with E-state index in [1.165, 1.54) is 24.1 Å². The molecule has 1 heterocycles. The number of nitrogens with zero attached hydrogens (tertiary/aromatic N) is 1. The van der Waals surface area contributed by atoms with Crippen molar-refractivity contribution in [1.82, 2.24) is 4.90 Å². The van der Waals surface area contributed by atoms with Gasteiger partial charge in [0.2, 0.25) is 0 Å². The van der Waals surface area contributed by atoms with E-state index < -0.39 is 0 Å². The normalized spacial score (nSPS) is 15.3. The second-order valence-electron chi connectivity index (χ2n) is 5.36. The van der Waals surface area contributed by atoms with E-state index in [4.69, 9.17) is 5.73 Å². The van der Waals surface area contributed by atoms with Crippen molar-refractivity contribution in [3.05, 3.63) is 22.4 Å².